The number of nitrogens with one attached hydrogen (secondary N) is 1. The van der Waals surface area contributed by atoms with E-state index in [0.29, 0.717) is 16.1 Å². The molecule has 0 aliphatic carbocycles. The summed E-state index contributed by atoms with van der Waals surface area (Å²) >= 11 is 18.2. The van der Waals surface area contributed by atoms with Crippen LogP contribution in [0.4, 0.5) is 27.6 Å². The lowest BCUT2D eigenvalue weighted by molar-refractivity contribution is -0.210. The molecule has 0 aliphatic rings. The van der Waals surface area contributed by atoms with Gasteiger partial charge in [-0.3, -0.25) is 14.4 Å². The first kappa shape index (κ1) is 34.3. The smallest absolute Gasteiger partial charge is 0.400 e. The second kappa shape index (κ2) is 14.1. The van der Waals surface area contributed by atoms with Crippen LogP contribution in [0.5, 0.6) is 5.75 Å². The number of carbonyl (C=O) groups excluding carboxylic acids is 3. The fourth-order valence-corrected chi connectivity index (χ4v) is 4.55. The molecule has 3 aromatic rings. The lowest BCUT2D eigenvalue weighted by atomic mass is 9.84. The van der Waals surface area contributed by atoms with Crippen LogP contribution in [0.15, 0.2) is 54.6 Å². The Bertz CT molecular complexity index is 1530. The van der Waals surface area contributed by atoms with E-state index in [2.05, 4.69) is 5.32 Å². The summed E-state index contributed by atoms with van der Waals surface area (Å²) in [5, 5.41) is 3.07. The quantitative estimate of drug-likeness (QED) is 0.155. The Morgan fingerprint density at radius 3 is 2.14 bits per heavy atom. The molecule has 0 radical (unpaired) electrons. The number of anilines is 1. The van der Waals surface area contributed by atoms with Gasteiger partial charge in [-0.15, -0.1) is 0 Å². The van der Waals surface area contributed by atoms with Crippen LogP contribution in [0.3, 0.4) is 0 Å². The summed E-state index contributed by atoms with van der Waals surface area (Å²) in [6.45, 7) is 0.647. The number of Topliss-reactive ketones (excluding diaryl/α,β-unsaturated/α-hetero) is 2. The van der Waals surface area contributed by atoms with Crippen molar-refractivity contribution in [3.8, 4) is 5.75 Å². The highest BCUT2D eigenvalue weighted by molar-refractivity contribution is 6.37. The maximum Gasteiger partial charge on any atom is 0.400 e. The SMILES string of the molecule is CC(C)(C(=O)CCc1ccc(Cl)c(C(=O)Cc2ccc(OCC(F)F)c(C(=O)Nc3ccc(Cl)cc3Cl)c2)c1)C(F)(F)F. The van der Waals surface area contributed by atoms with Gasteiger partial charge in [0.1, 0.15) is 23.6 Å². The van der Waals surface area contributed by atoms with Crippen molar-refractivity contribution in [3.63, 3.8) is 0 Å². The molecule has 43 heavy (non-hydrogen) atoms. The summed E-state index contributed by atoms with van der Waals surface area (Å²) in [6, 6.07) is 12.6. The van der Waals surface area contributed by atoms with Crippen molar-refractivity contribution in [2.24, 2.45) is 5.41 Å². The molecule has 0 unspecified atom stereocenters. The van der Waals surface area contributed by atoms with Crippen molar-refractivity contribution >= 4 is 58.0 Å². The van der Waals surface area contributed by atoms with Crippen LogP contribution in [0, 0.1) is 5.41 Å². The zero-order valence-corrected chi connectivity index (χ0v) is 25.0. The molecule has 1 N–H and O–H groups in total. The molecule has 0 spiro atoms. The highest BCUT2D eigenvalue weighted by atomic mass is 35.5. The minimum absolute atomic E-state index is 0.0520. The summed E-state index contributed by atoms with van der Waals surface area (Å²) in [4.78, 5) is 38.6. The van der Waals surface area contributed by atoms with E-state index in [1.807, 2.05) is 0 Å². The standard InChI is InChI=1S/C30H25Cl3F5NO4/c1-29(2,30(36,37)38)26(41)10-5-16-3-7-21(32)19(11-16)24(40)13-17-4-9-25(43-15-27(34)35)20(12-17)28(42)39-23-8-6-18(31)14-22(23)33/h3-4,6-9,11-12,14,27H,5,10,13,15H2,1-2H3,(H,39,42). The first-order chi connectivity index (χ1) is 20.0. The zero-order valence-electron chi connectivity index (χ0n) is 22.8. The molecular weight excluding hydrogens is 640 g/mol. The molecule has 0 saturated heterocycles. The van der Waals surface area contributed by atoms with E-state index in [1.54, 1.807) is 0 Å². The number of rotatable bonds is 12. The Kier molecular flexibility index (Phi) is 11.2. The summed E-state index contributed by atoms with van der Waals surface area (Å²) < 4.78 is 70.4. The average Bonchev–Trinajstić information content (AvgIpc) is 2.92. The third kappa shape index (κ3) is 8.90. The van der Waals surface area contributed by atoms with Crippen LogP contribution in [-0.4, -0.2) is 36.7 Å². The van der Waals surface area contributed by atoms with E-state index in [1.165, 1.54) is 54.6 Å². The van der Waals surface area contributed by atoms with Crippen LogP contribution < -0.4 is 10.1 Å². The Morgan fingerprint density at radius 2 is 1.51 bits per heavy atom. The van der Waals surface area contributed by atoms with Crippen molar-refractivity contribution in [2.75, 3.05) is 11.9 Å². The lowest BCUT2D eigenvalue weighted by Gasteiger charge is -2.26. The first-order valence-corrected chi connectivity index (χ1v) is 13.8. The molecular formula is C30H25Cl3F5NO4. The summed E-state index contributed by atoms with van der Waals surface area (Å²) in [6.07, 6.45) is -8.25. The topological polar surface area (TPSA) is 72.5 Å². The van der Waals surface area contributed by atoms with Crippen LogP contribution in [0.25, 0.3) is 0 Å². The van der Waals surface area contributed by atoms with E-state index >= 15 is 0 Å². The fraction of sp³-hybridized carbons (Fsp3) is 0.300. The number of hydrogen-bond acceptors (Lipinski definition) is 4. The third-order valence-electron chi connectivity index (χ3n) is 6.58. The van der Waals surface area contributed by atoms with Crippen LogP contribution in [-0.2, 0) is 17.6 Å². The maximum atomic E-state index is 13.2. The zero-order chi connectivity index (χ0) is 32.1. The van der Waals surface area contributed by atoms with E-state index in [4.69, 9.17) is 39.5 Å². The molecule has 13 heteroatoms. The maximum absolute atomic E-state index is 13.2. The van der Waals surface area contributed by atoms with E-state index < -0.39 is 48.5 Å². The average molecular weight is 665 g/mol. The minimum Gasteiger partial charge on any atom is -0.487 e. The molecule has 0 fully saturated rings. The van der Waals surface area contributed by atoms with Gasteiger partial charge in [0.2, 0.25) is 0 Å². The highest BCUT2D eigenvalue weighted by Gasteiger charge is 2.51. The van der Waals surface area contributed by atoms with Gasteiger partial charge >= 0.3 is 6.18 Å². The van der Waals surface area contributed by atoms with Crippen LogP contribution in [0.2, 0.25) is 15.1 Å². The predicted octanol–water partition coefficient (Wildman–Crippen LogP) is 9.06. The van der Waals surface area contributed by atoms with Gasteiger partial charge in [-0.1, -0.05) is 46.9 Å². The molecule has 0 aromatic heterocycles. The molecule has 1 amide bonds. The molecule has 230 valence electrons. The predicted molar refractivity (Wildman–Crippen MR) is 155 cm³/mol. The largest absolute Gasteiger partial charge is 0.487 e. The van der Waals surface area contributed by atoms with Crippen molar-refractivity contribution in [1.29, 1.82) is 0 Å². The van der Waals surface area contributed by atoms with Crippen molar-refractivity contribution in [3.05, 3.63) is 91.9 Å². The third-order valence-corrected chi connectivity index (χ3v) is 7.45. The molecule has 0 heterocycles. The number of halogens is 8. The second-order valence-corrected chi connectivity index (χ2v) is 11.3. The van der Waals surface area contributed by atoms with Crippen molar-refractivity contribution in [1.82, 2.24) is 0 Å². The monoisotopic (exact) mass is 663 g/mol. The Hall–Kier alpha value is -3.21. The summed E-state index contributed by atoms with van der Waals surface area (Å²) in [5.74, 6) is -2.41. The molecule has 0 aliphatic heterocycles. The van der Waals surface area contributed by atoms with Gasteiger partial charge in [0.25, 0.3) is 12.3 Å². The fourth-order valence-electron chi connectivity index (χ4n) is 3.87. The Labute approximate surface area is 259 Å². The number of alkyl halides is 5. The van der Waals surface area contributed by atoms with Crippen LogP contribution in [0.1, 0.15) is 52.1 Å². The van der Waals surface area contributed by atoms with Gasteiger partial charge < -0.3 is 10.1 Å². The number of aryl methyl sites for hydroxylation is 1. The number of ketones is 2. The van der Waals surface area contributed by atoms with Gasteiger partial charge in [-0.05, 0) is 73.9 Å². The van der Waals surface area contributed by atoms with Crippen LogP contribution >= 0.6 is 34.8 Å². The van der Waals surface area contributed by atoms with Crippen molar-refractivity contribution < 1.29 is 41.1 Å². The molecule has 3 rings (SSSR count). The highest BCUT2D eigenvalue weighted by Crippen LogP contribution is 2.39. The Morgan fingerprint density at radius 1 is 0.860 bits per heavy atom. The van der Waals surface area contributed by atoms with E-state index in [-0.39, 0.29) is 45.5 Å². The number of carbonyl (C=O) groups is 3. The summed E-state index contributed by atoms with van der Waals surface area (Å²) in [7, 11) is 0. The van der Waals surface area contributed by atoms with Gasteiger partial charge in [-0.25, -0.2) is 8.78 Å². The molecule has 0 atom stereocenters. The second-order valence-electron chi connectivity index (χ2n) is 10.1. The van der Waals surface area contributed by atoms with E-state index in [9.17, 15) is 36.3 Å². The Balaban J connectivity index is 1.83. The van der Waals surface area contributed by atoms with Gasteiger partial charge in [0.05, 0.1) is 21.3 Å². The molecule has 3 aromatic carbocycles. The van der Waals surface area contributed by atoms with Gasteiger partial charge in [0.15, 0.2) is 5.78 Å². The number of benzene rings is 3. The molecule has 0 saturated carbocycles. The number of ether oxygens (including phenoxy) is 1. The lowest BCUT2D eigenvalue weighted by Crippen LogP contribution is -2.39. The molecule has 0 bridgehead atoms. The van der Waals surface area contributed by atoms with Gasteiger partial charge in [0, 0.05) is 23.4 Å². The molecule has 5 nitrogen and oxygen atoms in total. The van der Waals surface area contributed by atoms with Gasteiger partial charge in [-0.2, -0.15) is 13.2 Å². The first-order valence-electron chi connectivity index (χ1n) is 12.7. The number of amides is 1. The minimum atomic E-state index is -4.71. The summed E-state index contributed by atoms with van der Waals surface area (Å²) in [5.41, 5.74) is -1.69. The number of hydrogen-bond donors (Lipinski definition) is 1. The van der Waals surface area contributed by atoms with E-state index in [0.717, 1.165) is 13.8 Å². The van der Waals surface area contributed by atoms with Crippen molar-refractivity contribution in [2.45, 2.75) is 45.7 Å². The normalized spacial score (nSPS) is 11.9.